The first-order valence-electron chi connectivity index (χ1n) is 9.57. The molecule has 4 aliphatic rings. The Morgan fingerprint density at radius 1 is 1.12 bits per heavy atom. The standard InChI is InChI=1S/C21H29BrO3/c1-13-4-5-18(20(19(13)22)25-12-24-14(2)23-3)21-9-15-6-16(10-21)8-17(7-15)11-21/h4-5,14-17H,6-12H2,1-3H3. The van der Waals surface area contributed by atoms with Gasteiger partial charge in [-0.25, -0.2) is 0 Å². The maximum Gasteiger partial charge on any atom is 0.192 e. The molecule has 0 N–H and O–H groups in total. The molecule has 0 radical (unpaired) electrons. The Labute approximate surface area is 159 Å². The Balaban J connectivity index is 1.64. The SMILES string of the molecule is COC(C)OCOc1c(C23CC4CC(CC(C4)C2)C3)ccc(C)c1Br. The van der Waals surface area contributed by atoms with Gasteiger partial charge in [-0.3, -0.25) is 0 Å². The van der Waals surface area contributed by atoms with Crippen LogP contribution in [0.5, 0.6) is 5.75 Å². The van der Waals surface area contributed by atoms with Crippen LogP contribution in [0.1, 0.15) is 56.6 Å². The average molecular weight is 409 g/mol. The van der Waals surface area contributed by atoms with Crippen molar-refractivity contribution in [2.75, 3.05) is 13.9 Å². The molecular formula is C21H29BrO3. The summed E-state index contributed by atoms with van der Waals surface area (Å²) in [5.41, 5.74) is 2.92. The Bertz CT molecular complexity index is 607. The molecule has 0 heterocycles. The normalized spacial score (nSPS) is 34.3. The highest BCUT2D eigenvalue weighted by Gasteiger charge is 2.52. The lowest BCUT2D eigenvalue weighted by molar-refractivity contribution is -0.150. The van der Waals surface area contributed by atoms with Crippen LogP contribution in [-0.2, 0) is 14.9 Å². The second-order valence-electron chi connectivity index (χ2n) is 8.50. The summed E-state index contributed by atoms with van der Waals surface area (Å²) >= 11 is 3.78. The highest BCUT2D eigenvalue weighted by atomic mass is 79.9. The second kappa shape index (κ2) is 6.86. The molecule has 0 spiro atoms. The van der Waals surface area contributed by atoms with Crippen LogP contribution in [0.4, 0.5) is 0 Å². The lowest BCUT2D eigenvalue weighted by atomic mass is 9.48. The molecule has 4 fully saturated rings. The van der Waals surface area contributed by atoms with Crippen molar-refractivity contribution in [3.63, 3.8) is 0 Å². The average Bonchev–Trinajstić information content (AvgIpc) is 2.57. The smallest absolute Gasteiger partial charge is 0.192 e. The van der Waals surface area contributed by atoms with E-state index in [1.54, 1.807) is 7.11 Å². The van der Waals surface area contributed by atoms with Crippen molar-refractivity contribution >= 4 is 15.9 Å². The monoisotopic (exact) mass is 408 g/mol. The number of hydrogen-bond donors (Lipinski definition) is 0. The van der Waals surface area contributed by atoms with E-state index in [9.17, 15) is 0 Å². The lowest BCUT2D eigenvalue weighted by Crippen LogP contribution is -2.48. The highest BCUT2D eigenvalue weighted by molar-refractivity contribution is 9.10. The van der Waals surface area contributed by atoms with Gasteiger partial charge in [0.15, 0.2) is 13.1 Å². The minimum absolute atomic E-state index is 0.219. The molecule has 1 unspecified atom stereocenters. The van der Waals surface area contributed by atoms with E-state index in [0.717, 1.165) is 28.0 Å². The predicted octanol–water partition coefficient (Wildman–Crippen LogP) is 5.57. The number of aryl methyl sites for hydroxylation is 1. The molecule has 0 aromatic heterocycles. The van der Waals surface area contributed by atoms with Crippen LogP contribution < -0.4 is 4.74 Å². The zero-order chi connectivity index (χ0) is 17.6. The molecule has 0 aliphatic heterocycles. The topological polar surface area (TPSA) is 27.7 Å². The van der Waals surface area contributed by atoms with Crippen molar-refractivity contribution in [2.24, 2.45) is 17.8 Å². The van der Waals surface area contributed by atoms with Crippen LogP contribution in [0.25, 0.3) is 0 Å². The maximum absolute atomic E-state index is 6.16. The minimum atomic E-state index is -0.258. The van der Waals surface area contributed by atoms with Crippen LogP contribution in [0.3, 0.4) is 0 Å². The third kappa shape index (κ3) is 3.26. The molecule has 4 aliphatic carbocycles. The Morgan fingerprint density at radius 3 is 2.28 bits per heavy atom. The van der Waals surface area contributed by atoms with Gasteiger partial charge < -0.3 is 14.2 Å². The van der Waals surface area contributed by atoms with Gasteiger partial charge in [0.25, 0.3) is 0 Å². The van der Waals surface area contributed by atoms with Gasteiger partial charge in [0.1, 0.15) is 5.75 Å². The zero-order valence-electron chi connectivity index (χ0n) is 15.5. The van der Waals surface area contributed by atoms with Gasteiger partial charge in [-0.1, -0.05) is 12.1 Å². The van der Waals surface area contributed by atoms with Crippen LogP contribution in [0, 0.1) is 24.7 Å². The fraction of sp³-hybridized carbons (Fsp3) is 0.714. The quantitative estimate of drug-likeness (QED) is 0.575. The molecule has 4 bridgehead atoms. The van der Waals surface area contributed by atoms with Gasteiger partial charge in [-0.05, 0) is 97.0 Å². The largest absolute Gasteiger partial charge is 0.466 e. The van der Waals surface area contributed by atoms with Crippen LogP contribution in [-0.4, -0.2) is 20.2 Å². The van der Waals surface area contributed by atoms with Gasteiger partial charge in [0.05, 0.1) is 4.47 Å². The summed E-state index contributed by atoms with van der Waals surface area (Å²) in [5, 5.41) is 0. The van der Waals surface area contributed by atoms with Crippen molar-refractivity contribution in [1.29, 1.82) is 0 Å². The number of benzene rings is 1. The van der Waals surface area contributed by atoms with E-state index in [2.05, 4.69) is 35.0 Å². The highest BCUT2D eigenvalue weighted by Crippen LogP contribution is 2.62. The lowest BCUT2D eigenvalue weighted by Gasteiger charge is -2.57. The number of ether oxygens (including phenoxy) is 3. The molecule has 4 saturated carbocycles. The Morgan fingerprint density at radius 2 is 1.72 bits per heavy atom. The molecular weight excluding hydrogens is 380 g/mol. The molecule has 0 saturated heterocycles. The Kier molecular flexibility index (Phi) is 4.89. The molecule has 1 aromatic carbocycles. The molecule has 4 heteroatoms. The zero-order valence-corrected chi connectivity index (χ0v) is 17.1. The van der Waals surface area contributed by atoms with Crippen molar-refractivity contribution in [1.82, 2.24) is 0 Å². The molecule has 138 valence electrons. The summed E-state index contributed by atoms with van der Waals surface area (Å²) in [6, 6.07) is 4.56. The maximum atomic E-state index is 6.16. The van der Waals surface area contributed by atoms with Gasteiger partial charge in [0.2, 0.25) is 0 Å². The van der Waals surface area contributed by atoms with E-state index in [1.807, 2.05) is 6.92 Å². The number of methoxy groups -OCH3 is 1. The van der Waals surface area contributed by atoms with Crippen molar-refractivity contribution < 1.29 is 14.2 Å². The first-order valence-corrected chi connectivity index (χ1v) is 10.4. The summed E-state index contributed by atoms with van der Waals surface area (Å²) in [6.07, 6.45) is 8.11. The van der Waals surface area contributed by atoms with Gasteiger partial charge in [-0.15, -0.1) is 0 Å². The third-order valence-electron chi connectivity index (χ3n) is 6.74. The van der Waals surface area contributed by atoms with Gasteiger partial charge >= 0.3 is 0 Å². The van der Waals surface area contributed by atoms with Crippen molar-refractivity contribution in [3.05, 3.63) is 27.7 Å². The van der Waals surface area contributed by atoms with E-state index < -0.39 is 0 Å². The van der Waals surface area contributed by atoms with E-state index in [-0.39, 0.29) is 13.1 Å². The summed E-state index contributed by atoms with van der Waals surface area (Å²) in [4.78, 5) is 0. The van der Waals surface area contributed by atoms with Gasteiger partial charge in [-0.2, -0.15) is 0 Å². The molecule has 1 aromatic rings. The van der Waals surface area contributed by atoms with E-state index >= 15 is 0 Å². The van der Waals surface area contributed by atoms with E-state index in [4.69, 9.17) is 14.2 Å². The van der Waals surface area contributed by atoms with Crippen molar-refractivity contribution in [2.45, 2.75) is 64.1 Å². The number of rotatable bonds is 6. The van der Waals surface area contributed by atoms with Crippen LogP contribution >= 0.6 is 15.9 Å². The molecule has 1 atom stereocenters. The molecule has 25 heavy (non-hydrogen) atoms. The van der Waals surface area contributed by atoms with E-state index in [0.29, 0.717) is 5.41 Å². The van der Waals surface area contributed by atoms with E-state index in [1.165, 1.54) is 49.7 Å². The van der Waals surface area contributed by atoms with Gasteiger partial charge in [0, 0.05) is 12.7 Å². The fourth-order valence-corrected chi connectivity index (χ4v) is 6.37. The molecule has 5 rings (SSSR count). The number of halogens is 1. The summed E-state index contributed by atoms with van der Waals surface area (Å²) < 4.78 is 18.0. The fourth-order valence-electron chi connectivity index (χ4n) is 5.91. The minimum Gasteiger partial charge on any atom is -0.466 e. The summed E-state index contributed by atoms with van der Waals surface area (Å²) in [5.74, 6) is 3.75. The third-order valence-corrected chi connectivity index (χ3v) is 7.72. The number of hydrogen-bond acceptors (Lipinski definition) is 3. The van der Waals surface area contributed by atoms with Crippen LogP contribution in [0.2, 0.25) is 0 Å². The van der Waals surface area contributed by atoms with Crippen molar-refractivity contribution in [3.8, 4) is 5.75 Å². The second-order valence-corrected chi connectivity index (χ2v) is 9.30. The summed E-state index contributed by atoms with van der Waals surface area (Å²) in [6.45, 7) is 4.23. The Hall–Kier alpha value is -0.580. The first kappa shape index (κ1) is 17.8. The summed E-state index contributed by atoms with van der Waals surface area (Å²) in [7, 11) is 1.65. The molecule has 3 nitrogen and oxygen atoms in total. The first-order chi connectivity index (χ1) is 12.0. The van der Waals surface area contributed by atoms with Crippen LogP contribution in [0.15, 0.2) is 16.6 Å². The molecule has 0 amide bonds. The predicted molar refractivity (Wildman–Crippen MR) is 102 cm³/mol.